The number of hydrogen-bond donors (Lipinski definition) is 2. The lowest BCUT2D eigenvalue weighted by Gasteiger charge is -2.25. The van der Waals surface area contributed by atoms with E-state index in [4.69, 9.17) is 4.74 Å². The molecule has 6 heteroatoms. The number of carbonyl (C=O) groups excluding carboxylic acids is 2. The van der Waals surface area contributed by atoms with Gasteiger partial charge in [-0.15, -0.1) is 0 Å². The molecule has 6 nitrogen and oxygen atoms in total. The van der Waals surface area contributed by atoms with E-state index in [-0.39, 0.29) is 24.4 Å². The molecule has 0 aliphatic rings. The number of nitrogens with one attached hydrogen (secondary N) is 2. The average molecular weight is 355 g/mol. The number of nitrogens with zero attached hydrogens (tertiary/aromatic N) is 1. The molecule has 0 bridgehead atoms. The smallest absolute Gasteiger partial charge is 0.251 e. The highest BCUT2D eigenvalue weighted by Crippen LogP contribution is 2.21. The minimum Gasteiger partial charge on any atom is -0.497 e. The Morgan fingerprint density at radius 1 is 1.04 bits per heavy atom. The Balaban J connectivity index is 1.88. The van der Waals surface area contributed by atoms with Crippen LogP contribution in [-0.2, 0) is 4.79 Å². The summed E-state index contributed by atoms with van der Waals surface area (Å²) in [6.45, 7) is 0.367. The lowest BCUT2D eigenvalue weighted by atomic mass is 10.1. The number of benzene rings is 2. The number of ether oxygens (including phenoxy) is 1. The van der Waals surface area contributed by atoms with Crippen molar-refractivity contribution in [2.45, 2.75) is 6.04 Å². The number of likely N-dealkylation sites (N-methyl/N-ethyl adjacent to an activating group) is 1. The Morgan fingerprint density at radius 3 is 2.42 bits per heavy atom. The van der Waals surface area contributed by atoms with Crippen molar-refractivity contribution in [3.8, 4) is 5.75 Å². The molecule has 2 amide bonds. The minimum absolute atomic E-state index is 0.00104. The van der Waals surface area contributed by atoms with Crippen LogP contribution in [0, 0.1) is 0 Å². The fourth-order valence-electron chi connectivity index (χ4n) is 2.57. The highest BCUT2D eigenvalue weighted by atomic mass is 16.5. The van der Waals surface area contributed by atoms with Crippen LogP contribution >= 0.6 is 0 Å². The van der Waals surface area contributed by atoms with Gasteiger partial charge in [-0.1, -0.05) is 30.3 Å². The van der Waals surface area contributed by atoms with Crippen LogP contribution in [0.2, 0.25) is 0 Å². The standard InChI is InChI=1S/C20H25N3O3/c1-23(2)18(16-10-7-11-17(12-16)26-3)13-21-19(24)14-22-20(25)15-8-5-4-6-9-15/h4-12,18H,13-14H2,1-3H3,(H,21,24)(H,22,25). The number of carbonyl (C=O) groups is 2. The first-order chi connectivity index (χ1) is 12.5. The Hall–Kier alpha value is -2.86. The largest absolute Gasteiger partial charge is 0.497 e. The van der Waals surface area contributed by atoms with Crippen LogP contribution in [0.1, 0.15) is 22.0 Å². The molecule has 0 aromatic heterocycles. The third kappa shape index (κ3) is 5.60. The van der Waals surface area contributed by atoms with Gasteiger partial charge in [0.25, 0.3) is 5.91 Å². The van der Waals surface area contributed by atoms with Crippen LogP contribution < -0.4 is 15.4 Å². The second-order valence-corrected chi connectivity index (χ2v) is 6.11. The van der Waals surface area contributed by atoms with Gasteiger partial charge < -0.3 is 20.3 Å². The van der Waals surface area contributed by atoms with Gasteiger partial charge in [0.15, 0.2) is 0 Å². The van der Waals surface area contributed by atoms with Crippen LogP contribution in [0.15, 0.2) is 54.6 Å². The third-order valence-electron chi connectivity index (χ3n) is 4.04. The molecule has 0 fully saturated rings. The molecule has 0 spiro atoms. The van der Waals surface area contributed by atoms with E-state index >= 15 is 0 Å². The fourth-order valence-corrected chi connectivity index (χ4v) is 2.57. The molecule has 2 rings (SSSR count). The van der Waals surface area contributed by atoms with Gasteiger partial charge in [0.05, 0.1) is 19.7 Å². The maximum atomic E-state index is 12.1. The van der Waals surface area contributed by atoms with E-state index in [1.807, 2.05) is 49.3 Å². The second-order valence-electron chi connectivity index (χ2n) is 6.11. The van der Waals surface area contributed by atoms with Gasteiger partial charge in [-0.25, -0.2) is 0 Å². The van der Waals surface area contributed by atoms with Crippen molar-refractivity contribution >= 4 is 11.8 Å². The van der Waals surface area contributed by atoms with E-state index in [9.17, 15) is 9.59 Å². The lowest BCUT2D eigenvalue weighted by Crippen LogP contribution is -2.40. The molecule has 1 atom stereocenters. The van der Waals surface area contributed by atoms with E-state index in [0.29, 0.717) is 12.1 Å². The second kappa shape index (κ2) is 9.58. The molecule has 0 saturated heterocycles. The first-order valence-corrected chi connectivity index (χ1v) is 8.41. The minimum atomic E-state index is -0.266. The summed E-state index contributed by atoms with van der Waals surface area (Å²) in [5.41, 5.74) is 1.57. The summed E-state index contributed by atoms with van der Waals surface area (Å²) >= 11 is 0. The summed E-state index contributed by atoms with van der Waals surface area (Å²) in [6, 6.07) is 16.6. The van der Waals surface area contributed by atoms with Crippen LogP contribution in [0.25, 0.3) is 0 Å². The molecule has 2 aromatic rings. The Bertz CT molecular complexity index is 732. The van der Waals surface area contributed by atoms with E-state index in [1.54, 1.807) is 31.4 Å². The molecule has 0 aliphatic heterocycles. The van der Waals surface area contributed by atoms with E-state index in [1.165, 1.54) is 0 Å². The van der Waals surface area contributed by atoms with Crippen LogP contribution in [0.3, 0.4) is 0 Å². The van der Waals surface area contributed by atoms with Gasteiger partial charge >= 0.3 is 0 Å². The van der Waals surface area contributed by atoms with E-state index < -0.39 is 0 Å². The first kappa shape index (κ1) is 19.5. The van der Waals surface area contributed by atoms with Gasteiger partial charge in [-0.2, -0.15) is 0 Å². The zero-order chi connectivity index (χ0) is 18.9. The fraction of sp³-hybridized carbons (Fsp3) is 0.300. The number of methoxy groups -OCH3 is 1. The first-order valence-electron chi connectivity index (χ1n) is 8.41. The van der Waals surface area contributed by atoms with Crippen molar-refractivity contribution in [3.63, 3.8) is 0 Å². The van der Waals surface area contributed by atoms with Crippen molar-refractivity contribution in [1.82, 2.24) is 15.5 Å². The summed E-state index contributed by atoms with van der Waals surface area (Å²) in [5.74, 6) is 0.275. The topological polar surface area (TPSA) is 70.7 Å². The SMILES string of the molecule is COc1cccc(C(CNC(=O)CNC(=O)c2ccccc2)N(C)C)c1. The van der Waals surface area contributed by atoms with Gasteiger partial charge in [0, 0.05) is 12.1 Å². The Morgan fingerprint density at radius 2 is 1.77 bits per heavy atom. The van der Waals surface area contributed by atoms with E-state index in [0.717, 1.165) is 11.3 Å². The molecule has 0 saturated carbocycles. The molecule has 0 aliphatic carbocycles. The summed E-state index contributed by atoms with van der Waals surface area (Å²) in [4.78, 5) is 26.1. The lowest BCUT2D eigenvalue weighted by molar-refractivity contribution is -0.120. The molecule has 2 aromatic carbocycles. The summed E-state index contributed by atoms with van der Waals surface area (Å²) in [7, 11) is 5.53. The molecule has 26 heavy (non-hydrogen) atoms. The summed E-state index contributed by atoms with van der Waals surface area (Å²) < 4.78 is 5.26. The van der Waals surface area contributed by atoms with Crippen molar-refractivity contribution in [1.29, 1.82) is 0 Å². The summed E-state index contributed by atoms with van der Waals surface area (Å²) in [5, 5.41) is 5.50. The van der Waals surface area contributed by atoms with E-state index in [2.05, 4.69) is 10.6 Å². The maximum Gasteiger partial charge on any atom is 0.251 e. The Labute approximate surface area is 154 Å². The van der Waals surface area contributed by atoms with Gasteiger partial charge in [0.2, 0.25) is 5.91 Å². The monoisotopic (exact) mass is 355 g/mol. The highest BCUT2D eigenvalue weighted by Gasteiger charge is 2.16. The van der Waals surface area contributed by atoms with Gasteiger partial charge in [-0.05, 0) is 43.9 Å². The highest BCUT2D eigenvalue weighted by molar-refractivity contribution is 5.96. The normalized spacial score (nSPS) is 11.7. The van der Waals surface area contributed by atoms with Crippen molar-refractivity contribution in [2.75, 3.05) is 34.3 Å². The van der Waals surface area contributed by atoms with Crippen molar-refractivity contribution in [2.24, 2.45) is 0 Å². The molecule has 0 heterocycles. The van der Waals surface area contributed by atoms with Crippen LogP contribution in [0.4, 0.5) is 0 Å². The van der Waals surface area contributed by atoms with Crippen molar-refractivity contribution in [3.05, 3.63) is 65.7 Å². The number of amides is 2. The average Bonchev–Trinajstić information content (AvgIpc) is 2.66. The quantitative estimate of drug-likeness (QED) is 0.758. The van der Waals surface area contributed by atoms with Crippen LogP contribution in [0.5, 0.6) is 5.75 Å². The number of hydrogen-bond acceptors (Lipinski definition) is 4. The number of rotatable bonds is 8. The predicted octanol–water partition coefficient (Wildman–Crippen LogP) is 1.84. The maximum absolute atomic E-state index is 12.1. The predicted molar refractivity (Wildman–Crippen MR) is 101 cm³/mol. The van der Waals surface area contributed by atoms with Gasteiger partial charge in [0.1, 0.15) is 5.75 Å². The molecule has 2 N–H and O–H groups in total. The summed E-state index contributed by atoms with van der Waals surface area (Å²) in [6.07, 6.45) is 0. The zero-order valence-corrected chi connectivity index (χ0v) is 15.4. The molecular weight excluding hydrogens is 330 g/mol. The molecular formula is C20H25N3O3. The molecule has 138 valence electrons. The molecule has 0 radical (unpaired) electrons. The van der Waals surface area contributed by atoms with Gasteiger partial charge in [-0.3, -0.25) is 9.59 Å². The Kier molecular flexibility index (Phi) is 7.17. The van der Waals surface area contributed by atoms with Crippen molar-refractivity contribution < 1.29 is 14.3 Å². The zero-order valence-electron chi connectivity index (χ0n) is 15.4. The third-order valence-corrected chi connectivity index (χ3v) is 4.04. The molecule has 1 unspecified atom stereocenters. The van der Waals surface area contributed by atoms with Crippen LogP contribution in [-0.4, -0.2) is 51.0 Å².